The Bertz CT molecular complexity index is 670. The molecule has 2 aromatic rings. The summed E-state index contributed by atoms with van der Waals surface area (Å²) in [5.74, 6) is 0.251. The van der Waals surface area contributed by atoms with Crippen LogP contribution >= 0.6 is 0 Å². The lowest BCUT2D eigenvalue weighted by molar-refractivity contribution is 0.144. The van der Waals surface area contributed by atoms with Crippen molar-refractivity contribution in [3.63, 3.8) is 0 Å². The molecule has 8 heteroatoms. The van der Waals surface area contributed by atoms with Crippen molar-refractivity contribution in [2.24, 2.45) is 0 Å². The second-order valence-electron chi connectivity index (χ2n) is 3.84. The minimum atomic E-state index is -2.71. The molecule has 0 fully saturated rings. The number of nitriles is 1. The van der Waals surface area contributed by atoms with Crippen molar-refractivity contribution in [2.45, 2.75) is 19.8 Å². The molecule has 2 aromatic heterocycles. The summed E-state index contributed by atoms with van der Waals surface area (Å²) in [7, 11) is 1.58. The largest absolute Gasteiger partial charge is 0.382 e. The molecular weight excluding hydrogens is 254 g/mol. The fraction of sp³-hybridized carbons (Fsp3) is 0.364. The van der Waals surface area contributed by atoms with Gasteiger partial charge in [0.15, 0.2) is 5.65 Å². The number of nitrogens with one attached hydrogen (secondary N) is 1. The predicted octanol–water partition coefficient (Wildman–Crippen LogP) is 1.72. The molecule has 0 aromatic carbocycles. The van der Waals surface area contributed by atoms with E-state index in [1.807, 2.05) is 6.07 Å². The van der Waals surface area contributed by atoms with Gasteiger partial charge in [-0.1, -0.05) is 6.92 Å². The maximum atomic E-state index is 12.9. The van der Waals surface area contributed by atoms with Crippen LogP contribution in [0.3, 0.4) is 0 Å². The van der Waals surface area contributed by atoms with E-state index in [4.69, 9.17) is 11.0 Å². The van der Waals surface area contributed by atoms with Crippen molar-refractivity contribution in [2.75, 3.05) is 18.1 Å². The van der Waals surface area contributed by atoms with E-state index >= 15 is 0 Å². The van der Waals surface area contributed by atoms with E-state index in [1.165, 1.54) is 0 Å². The minimum Gasteiger partial charge on any atom is -0.382 e. The standard InChI is InChI=1S/C11H12F2N6/c1-3-5-7(8(12)13)18-19-9(15)6(4-14)10(16-2)17-11(5)19/h8H,3,15H2,1-2H3,(H,16,17). The van der Waals surface area contributed by atoms with E-state index in [-0.39, 0.29) is 28.5 Å². The number of nitrogens with two attached hydrogens (primary N) is 1. The Morgan fingerprint density at radius 2 is 2.21 bits per heavy atom. The van der Waals surface area contributed by atoms with Gasteiger partial charge in [-0.25, -0.2) is 13.8 Å². The predicted molar refractivity (Wildman–Crippen MR) is 66.0 cm³/mol. The lowest BCUT2D eigenvalue weighted by atomic mass is 10.2. The van der Waals surface area contributed by atoms with Crippen LogP contribution in [-0.2, 0) is 6.42 Å². The third kappa shape index (κ3) is 1.83. The number of alkyl halides is 2. The molecule has 0 unspecified atom stereocenters. The van der Waals surface area contributed by atoms with Crippen LogP contribution in [0, 0.1) is 11.3 Å². The zero-order valence-corrected chi connectivity index (χ0v) is 10.4. The molecule has 0 aliphatic rings. The summed E-state index contributed by atoms with van der Waals surface area (Å²) < 4.78 is 26.9. The topological polar surface area (TPSA) is 92.0 Å². The molecule has 0 saturated heterocycles. The first kappa shape index (κ1) is 13.0. The average Bonchev–Trinajstić information content (AvgIpc) is 2.77. The highest BCUT2D eigenvalue weighted by atomic mass is 19.3. The van der Waals surface area contributed by atoms with Crippen LogP contribution in [0.2, 0.25) is 0 Å². The normalized spacial score (nSPS) is 10.9. The van der Waals surface area contributed by atoms with Crippen LogP contribution in [0.5, 0.6) is 0 Å². The molecule has 0 spiro atoms. The fourth-order valence-electron chi connectivity index (χ4n) is 1.94. The second kappa shape index (κ2) is 4.68. The van der Waals surface area contributed by atoms with Crippen LogP contribution in [0.15, 0.2) is 0 Å². The van der Waals surface area contributed by atoms with Crippen LogP contribution in [0.4, 0.5) is 20.4 Å². The molecule has 0 amide bonds. The number of nitrogen functional groups attached to an aromatic ring is 1. The van der Waals surface area contributed by atoms with E-state index in [0.717, 1.165) is 4.52 Å². The van der Waals surface area contributed by atoms with Crippen molar-refractivity contribution >= 4 is 17.3 Å². The first-order chi connectivity index (χ1) is 9.04. The maximum Gasteiger partial charge on any atom is 0.282 e. The summed E-state index contributed by atoms with van der Waals surface area (Å²) >= 11 is 0. The highest BCUT2D eigenvalue weighted by Crippen LogP contribution is 2.29. The Morgan fingerprint density at radius 3 is 2.68 bits per heavy atom. The molecular formula is C11H12F2N6. The van der Waals surface area contributed by atoms with Crippen LogP contribution in [0.25, 0.3) is 5.65 Å². The van der Waals surface area contributed by atoms with Crippen LogP contribution in [-0.4, -0.2) is 21.6 Å². The number of halogens is 2. The van der Waals surface area contributed by atoms with Gasteiger partial charge in [-0.05, 0) is 6.42 Å². The molecule has 2 rings (SSSR count). The van der Waals surface area contributed by atoms with E-state index in [1.54, 1.807) is 14.0 Å². The minimum absolute atomic E-state index is 0.00144. The number of fused-ring (bicyclic) bond motifs is 1. The molecule has 3 N–H and O–H groups in total. The SMILES string of the molecule is CCc1c(C(F)F)nn2c(N)c(C#N)c(NC)nc12. The van der Waals surface area contributed by atoms with E-state index in [2.05, 4.69) is 15.4 Å². The van der Waals surface area contributed by atoms with E-state index in [0.29, 0.717) is 12.0 Å². The number of hydrogen-bond donors (Lipinski definition) is 2. The van der Waals surface area contributed by atoms with Gasteiger partial charge in [0.1, 0.15) is 29.0 Å². The second-order valence-corrected chi connectivity index (χ2v) is 3.84. The van der Waals surface area contributed by atoms with Crippen LogP contribution < -0.4 is 11.1 Å². The summed E-state index contributed by atoms with van der Waals surface area (Å²) in [6, 6.07) is 1.88. The van der Waals surface area contributed by atoms with E-state index < -0.39 is 6.43 Å². The van der Waals surface area contributed by atoms with Gasteiger partial charge in [-0.2, -0.15) is 14.9 Å². The van der Waals surface area contributed by atoms with Gasteiger partial charge in [0.05, 0.1) is 0 Å². The molecule has 0 bridgehead atoms. The lowest BCUT2D eigenvalue weighted by Crippen LogP contribution is -2.08. The number of aromatic nitrogens is 3. The Balaban J connectivity index is 2.89. The number of nitrogens with zero attached hydrogens (tertiary/aromatic N) is 4. The lowest BCUT2D eigenvalue weighted by Gasteiger charge is -2.07. The summed E-state index contributed by atoms with van der Waals surface area (Å²) in [5, 5.41) is 15.5. The Morgan fingerprint density at radius 1 is 1.53 bits per heavy atom. The zero-order chi connectivity index (χ0) is 14.2. The number of anilines is 2. The third-order valence-corrected chi connectivity index (χ3v) is 2.84. The Labute approximate surface area is 107 Å². The van der Waals surface area contributed by atoms with Crippen molar-refractivity contribution in [3.8, 4) is 6.07 Å². The molecule has 2 heterocycles. The highest BCUT2D eigenvalue weighted by Gasteiger charge is 2.23. The number of hydrogen-bond acceptors (Lipinski definition) is 5. The van der Waals surface area contributed by atoms with E-state index in [9.17, 15) is 8.78 Å². The van der Waals surface area contributed by atoms with Crippen molar-refractivity contribution in [1.82, 2.24) is 14.6 Å². The van der Waals surface area contributed by atoms with Gasteiger partial charge >= 0.3 is 0 Å². The number of aryl methyl sites for hydroxylation is 1. The van der Waals surface area contributed by atoms with Crippen molar-refractivity contribution in [3.05, 3.63) is 16.8 Å². The summed E-state index contributed by atoms with van der Waals surface area (Å²) in [4.78, 5) is 4.15. The number of rotatable bonds is 3. The Kier molecular flexibility index (Phi) is 3.21. The van der Waals surface area contributed by atoms with Gasteiger partial charge in [-0.3, -0.25) is 0 Å². The summed E-state index contributed by atoms with van der Waals surface area (Å²) in [6.07, 6.45) is -2.36. The fourth-order valence-corrected chi connectivity index (χ4v) is 1.94. The first-order valence-electron chi connectivity index (χ1n) is 5.62. The molecule has 0 aliphatic carbocycles. The summed E-state index contributed by atoms with van der Waals surface area (Å²) in [5.41, 5.74) is 6.12. The van der Waals surface area contributed by atoms with Crippen molar-refractivity contribution < 1.29 is 8.78 Å². The molecule has 0 saturated carbocycles. The zero-order valence-electron chi connectivity index (χ0n) is 10.4. The quantitative estimate of drug-likeness (QED) is 0.882. The molecule has 19 heavy (non-hydrogen) atoms. The van der Waals surface area contributed by atoms with Gasteiger partial charge in [0.25, 0.3) is 6.43 Å². The van der Waals surface area contributed by atoms with Gasteiger partial charge < -0.3 is 11.1 Å². The van der Waals surface area contributed by atoms with Gasteiger partial charge in [0.2, 0.25) is 0 Å². The van der Waals surface area contributed by atoms with Gasteiger partial charge in [-0.15, -0.1) is 0 Å². The third-order valence-electron chi connectivity index (χ3n) is 2.84. The van der Waals surface area contributed by atoms with Crippen LogP contribution in [0.1, 0.15) is 30.2 Å². The molecule has 0 radical (unpaired) electrons. The van der Waals surface area contributed by atoms with Gasteiger partial charge in [0, 0.05) is 12.6 Å². The first-order valence-corrected chi connectivity index (χ1v) is 5.62. The molecule has 6 nitrogen and oxygen atoms in total. The maximum absolute atomic E-state index is 12.9. The molecule has 0 atom stereocenters. The average molecular weight is 266 g/mol. The summed E-state index contributed by atoms with van der Waals surface area (Å²) in [6.45, 7) is 1.73. The highest BCUT2D eigenvalue weighted by molar-refractivity contribution is 5.69. The molecule has 100 valence electrons. The molecule has 0 aliphatic heterocycles. The van der Waals surface area contributed by atoms with Crippen molar-refractivity contribution in [1.29, 1.82) is 5.26 Å². The smallest absolute Gasteiger partial charge is 0.282 e. The Hall–Kier alpha value is -2.43. The monoisotopic (exact) mass is 266 g/mol.